The van der Waals surface area contributed by atoms with Gasteiger partial charge in [-0.05, 0) is 49.6 Å². The van der Waals surface area contributed by atoms with Crippen LogP contribution in [0.1, 0.15) is 22.9 Å². The van der Waals surface area contributed by atoms with Crippen LogP contribution in [0.4, 0.5) is 0 Å². The summed E-state index contributed by atoms with van der Waals surface area (Å²) in [5.74, 6) is 0. The Kier molecular flexibility index (Phi) is 5.60. The first-order valence-corrected chi connectivity index (χ1v) is 8.02. The van der Waals surface area contributed by atoms with Gasteiger partial charge in [0.05, 0.1) is 0 Å². The summed E-state index contributed by atoms with van der Waals surface area (Å²) in [5, 5.41) is 3.33. The predicted molar refractivity (Wildman–Crippen MR) is 93.3 cm³/mol. The van der Waals surface area contributed by atoms with E-state index in [2.05, 4.69) is 25.1 Å². The summed E-state index contributed by atoms with van der Waals surface area (Å²) in [5.41, 5.74) is 3.33. The summed E-state index contributed by atoms with van der Waals surface area (Å²) in [6, 6.07) is 20.3. The molecule has 0 heterocycles. The molecule has 0 spiro atoms. The fraction of sp³-hybridized carbons (Fsp3) is 0.105. The molecule has 0 saturated heterocycles. The van der Waals surface area contributed by atoms with Gasteiger partial charge in [-0.1, -0.05) is 60.7 Å². The van der Waals surface area contributed by atoms with Crippen LogP contribution in [-0.2, 0) is 0 Å². The fourth-order valence-corrected chi connectivity index (χ4v) is 3.74. The van der Waals surface area contributed by atoms with Crippen molar-refractivity contribution in [1.29, 1.82) is 0 Å². The summed E-state index contributed by atoms with van der Waals surface area (Å²) >= 11 is 0. The van der Waals surface area contributed by atoms with Crippen LogP contribution in [0.25, 0.3) is 10.8 Å². The second-order valence-electron chi connectivity index (χ2n) is 5.25. The van der Waals surface area contributed by atoms with Crippen LogP contribution in [0.5, 0.6) is 0 Å². The molecular weight excluding hydrogens is 282 g/mol. The second kappa shape index (κ2) is 7.25. The van der Waals surface area contributed by atoms with E-state index in [1.165, 1.54) is 0 Å². The van der Waals surface area contributed by atoms with E-state index in [9.17, 15) is 4.79 Å². The Hall–Kier alpha value is -1.38. The number of hydrogen-bond donors (Lipinski definition) is 0. The molecule has 1 nitrogen and oxygen atoms in total. The zero-order chi connectivity index (χ0) is 14.8. The van der Waals surface area contributed by atoms with Crippen molar-refractivity contribution < 1.29 is 25.1 Å². The van der Waals surface area contributed by atoms with E-state index >= 15 is 0 Å². The van der Waals surface area contributed by atoms with Crippen LogP contribution >= 0.6 is 8.58 Å². The Bertz CT molecular complexity index is 818. The number of fused-ring (bicyclic) bond motifs is 1. The molecule has 0 radical (unpaired) electrons. The third-order valence-electron chi connectivity index (χ3n) is 3.72. The largest absolute Gasteiger partial charge is 1.00 e. The molecule has 106 valence electrons. The molecule has 0 saturated carbocycles. The van der Waals surface area contributed by atoms with E-state index in [1.54, 1.807) is 0 Å². The number of carbonyl (C=O) groups is 1. The van der Waals surface area contributed by atoms with Crippen molar-refractivity contribution >= 4 is 30.2 Å². The van der Waals surface area contributed by atoms with E-state index in [0.717, 1.165) is 32.8 Å². The number of carbonyl (C=O) groups excluding carboxylic acids is 1. The van der Waals surface area contributed by atoms with Crippen molar-refractivity contribution in [3.05, 3.63) is 77.4 Å². The maximum atomic E-state index is 12.8. The monoisotopic (exact) mass is 300 g/mol. The maximum Gasteiger partial charge on any atom is 1.00 e. The summed E-state index contributed by atoms with van der Waals surface area (Å²) < 4.78 is 0. The van der Waals surface area contributed by atoms with Crippen molar-refractivity contribution in [2.24, 2.45) is 0 Å². The van der Waals surface area contributed by atoms with E-state index < -0.39 is 0 Å². The summed E-state index contributed by atoms with van der Waals surface area (Å²) in [6.07, 6.45) is 0. The molecule has 3 aromatic rings. The predicted octanol–water partition coefficient (Wildman–Crippen LogP) is 1.72. The van der Waals surface area contributed by atoms with Crippen LogP contribution in [0, 0.1) is 13.8 Å². The number of rotatable bonds is 3. The van der Waals surface area contributed by atoms with Gasteiger partial charge in [-0.2, -0.15) is 0 Å². The molecule has 0 aliphatic rings. The Labute approximate surface area is 146 Å². The second-order valence-corrected chi connectivity index (χ2v) is 6.53. The summed E-state index contributed by atoms with van der Waals surface area (Å²) in [4.78, 5) is 12.8. The molecule has 0 aliphatic heterocycles. The van der Waals surface area contributed by atoms with Gasteiger partial charge >= 0.3 is 18.9 Å². The van der Waals surface area contributed by atoms with Gasteiger partial charge in [-0.25, -0.2) is 0 Å². The molecule has 0 aromatic heterocycles. The van der Waals surface area contributed by atoms with Gasteiger partial charge in [-0.15, -0.1) is 0 Å². The van der Waals surface area contributed by atoms with Crippen LogP contribution in [0.3, 0.4) is 0 Å². The first-order valence-electron chi connectivity index (χ1n) is 7.02. The minimum Gasteiger partial charge on any atom is -1.00 e. The van der Waals surface area contributed by atoms with Gasteiger partial charge in [0.25, 0.3) is 0 Å². The van der Waals surface area contributed by atoms with Gasteiger partial charge in [0.1, 0.15) is 0 Å². The molecule has 1 atom stereocenters. The Morgan fingerprint density at radius 1 is 0.864 bits per heavy atom. The standard InChI is InChI=1S/C19H17OP.Li.H/c1-13-7-6-8-15-12-11-14(2)18(17(13)15)19(20)21-16-9-4-3-5-10-16;;/h3-12,21H,1-2H3;;/q;+1;-1. The average Bonchev–Trinajstić information content (AvgIpc) is 2.49. The minimum absolute atomic E-state index is 0. The average molecular weight is 300 g/mol. The van der Waals surface area contributed by atoms with E-state index in [1.807, 2.05) is 49.4 Å². The Balaban J connectivity index is 0.00000132. The normalized spacial score (nSPS) is 10.8. The molecule has 3 rings (SSSR count). The van der Waals surface area contributed by atoms with Crippen LogP contribution in [0.15, 0.2) is 60.7 Å². The molecule has 0 N–H and O–H groups in total. The van der Waals surface area contributed by atoms with Gasteiger partial charge in [0.2, 0.25) is 0 Å². The van der Waals surface area contributed by atoms with Gasteiger partial charge < -0.3 is 1.43 Å². The first-order chi connectivity index (χ1) is 10.2. The quantitative estimate of drug-likeness (QED) is 0.532. The first kappa shape index (κ1) is 17.0. The molecule has 0 fully saturated rings. The summed E-state index contributed by atoms with van der Waals surface area (Å²) in [6.45, 7) is 4.10. The smallest absolute Gasteiger partial charge is 1.00 e. The van der Waals surface area contributed by atoms with Crippen LogP contribution < -0.4 is 24.2 Å². The van der Waals surface area contributed by atoms with Crippen molar-refractivity contribution in [3.8, 4) is 0 Å². The third-order valence-corrected chi connectivity index (χ3v) is 4.82. The van der Waals surface area contributed by atoms with Crippen molar-refractivity contribution in [2.45, 2.75) is 13.8 Å². The Morgan fingerprint density at radius 3 is 2.32 bits per heavy atom. The van der Waals surface area contributed by atoms with Crippen molar-refractivity contribution in [1.82, 2.24) is 0 Å². The van der Waals surface area contributed by atoms with E-state index in [4.69, 9.17) is 0 Å². The zero-order valence-corrected chi connectivity index (χ0v) is 14.2. The third kappa shape index (κ3) is 3.34. The summed E-state index contributed by atoms with van der Waals surface area (Å²) in [7, 11) is 0.173. The fourth-order valence-electron chi connectivity index (χ4n) is 2.67. The molecule has 22 heavy (non-hydrogen) atoms. The minimum atomic E-state index is 0. The van der Waals surface area contributed by atoms with Crippen LogP contribution in [0.2, 0.25) is 0 Å². The zero-order valence-electron chi connectivity index (χ0n) is 14.2. The molecule has 0 bridgehead atoms. The van der Waals surface area contributed by atoms with Crippen molar-refractivity contribution in [2.75, 3.05) is 0 Å². The SMILES string of the molecule is Cc1ccc2cccc(C)c2c1C(=O)Pc1ccccc1.[H-].[Li+]. The molecule has 0 aliphatic carbocycles. The molecule has 3 heteroatoms. The van der Waals surface area contributed by atoms with Gasteiger partial charge in [0.15, 0.2) is 5.52 Å². The number of aryl methyl sites for hydroxylation is 2. The van der Waals surface area contributed by atoms with Gasteiger partial charge in [0, 0.05) is 5.56 Å². The maximum absolute atomic E-state index is 12.8. The topological polar surface area (TPSA) is 17.1 Å². The molecular formula is C19H18LiOP. The number of benzene rings is 3. The van der Waals surface area contributed by atoms with E-state index in [-0.39, 0.29) is 34.4 Å². The van der Waals surface area contributed by atoms with Crippen LogP contribution in [-0.4, -0.2) is 5.52 Å². The van der Waals surface area contributed by atoms with Crippen molar-refractivity contribution in [3.63, 3.8) is 0 Å². The van der Waals surface area contributed by atoms with Gasteiger partial charge in [-0.3, -0.25) is 4.79 Å². The van der Waals surface area contributed by atoms with E-state index in [0.29, 0.717) is 0 Å². The Morgan fingerprint density at radius 2 is 1.59 bits per heavy atom. The number of hydrogen-bond acceptors (Lipinski definition) is 1. The molecule has 0 amide bonds. The molecule has 1 unspecified atom stereocenters. The molecule has 3 aromatic carbocycles.